The summed E-state index contributed by atoms with van der Waals surface area (Å²) in [6.45, 7) is 3.88. The second-order valence-electron chi connectivity index (χ2n) is 5.20. The van der Waals surface area contributed by atoms with Crippen molar-refractivity contribution in [3.8, 4) is 11.8 Å². The first kappa shape index (κ1) is 18.5. The van der Waals surface area contributed by atoms with Crippen LogP contribution in [0.5, 0.6) is 5.75 Å². The molecule has 0 aliphatic rings. The molecule has 122 valence electrons. The van der Waals surface area contributed by atoms with Gasteiger partial charge in [-0.1, -0.05) is 12.1 Å². The molecule has 0 heterocycles. The van der Waals surface area contributed by atoms with Gasteiger partial charge < -0.3 is 10.4 Å². The van der Waals surface area contributed by atoms with Crippen molar-refractivity contribution in [1.29, 1.82) is 5.26 Å². The first-order chi connectivity index (χ1) is 11.3. The van der Waals surface area contributed by atoms with Crippen molar-refractivity contribution in [1.82, 2.24) is 0 Å². The Balaban J connectivity index is 2.33. The van der Waals surface area contributed by atoms with Gasteiger partial charge in [0.15, 0.2) is 0 Å². The predicted molar refractivity (Wildman–Crippen MR) is 107 cm³/mol. The SMILES string of the molecule is Cc1cccc(NC(=O)/C(C#N)=C/c2cc(Br)c(O)c(I)c2)c1C. The van der Waals surface area contributed by atoms with Crippen LogP contribution in [-0.2, 0) is 4.79 Å². The minimum absolute atomic E-state index is 0.00991. The monoisotopic (exact) mass is 496 g/mol. The highest BCUT2D eigenvalue weighted by Crippen LogP contribution is 2.31. The third kappa shape index (κ3) is 4.16. The Kier molecular flexibility index (Phi) is 6.02. The summed E-state index contributed by atoms with van der Waals surface area (Å²) in [5.74, 6) is -0.337. The van der Waals surface area contributed by atoms with Crippen LogP contribution in [0.15, 0.2) is 40.4 Å². The molecule has 4 nitrogen and oxygen atoms in total. The summed E-state index contributed by atoms with van der Waals surface area (Å²) < 4.78 is 1.13. The molecule has 2 aromatic rings. The lowest BCUT2D eigenvalue weighted by molar-refractivity contribution is -0.112. The Morgan fingerprint density at radius 2 is 2.08 bits per heavy atom. The molecule has 0 atom stereocenters. The third-order valence-electron chi connectivity index (χ3n) is 3.57. The molecule has 2 N–H and O–H groups in total. The van der Waals surface area contributed by atoms with Gasteiger partial charge in [-0.3, -0.25) is 4.79 Å². The molecular formula is C18H14BrIN2O2. The van der Waals surface area contributed by atoms with Crippen LogP contribution in [0, 0.1) is 28.7 Å². The summed E-state index contributed by atoms with van der Waals surface area (Å²) in [7, 11) is 0. The summed E-state index contributed by atoms with van der Waals surface area (Å²) >= 11 is 5.24. The standard InChI is InChI=1S/C18H14BrIN2O2/c1-10-4-3-5-16(11(10)2)22-18(24)13(9-21)6-12-7-14(19)17(23)15(20)8-12/h3-8,23H,1-2H3,(H,22,24)/b13-6+. The first-order valence-electron chi connectivity index (χ1n) is 7.01. The van der Waals surface area contributed by atoms with E-state index < -0.39 is 5.91 Å². The lowest BCUT2D eigenvalue weighted by Crippen LogP contribution is -2.14. The van der Waals surface area contributed by atoms with Gasteiger partial charge in [0.1, 0.15) is 17.4 Å². The van der Waals surface area contributed by atoms with Crippen LogP contribution in [0.3, 0.4) is 0 Å². The number of nitriles is 1. The van der Waals surface area contributed by atoms with Crippen LogP contribution < -0.4 is 5.32 Å². The molecule has 6 heteroatoms. The van der Waals surface area contributed by atoms with Crippen molar-refractivity contribution in [2.45, 2.75) is 13.8 Å². The molecule has 0 aromatic heterocycles. The second kappa shape index (κ2) is 7.81. The average Bonchev–Trinajstić information content (AvgIpc) is 2.54. The van der Waals surface area contributed by atoms with E-state index in [0.29, 0.717) is 19.3 Å². The number of carbonyl (C=O) groups is 1. The molecule has 0 saturated heterocycles. The van der Waals surface area contributed by atoms with Crippen LogP contribution in [0.1, 0.15) is 16.7 Å². The molecule has 0 aliphatic carbocycles. The predicted octanol–water partition coefficient (Wildman–Crippen LogP) is 4.92. The molecular weight excluding hydrogens is 483 g/mol. The molecule has 2 aromatic carbocycles. The zero-order chi connectivity index (χ0) is 17.9. The fourth-order valence-corrected chi connectivity index (χ4v) is 3.56. The average molecular weight is 497 g/mol. The van der Waals surface area contributed by atoms with E-state index in [1.165, 1.54) is 6.08 Å². The normalized spacial score (nSPS) is 11.0. The number of carbonyl (C=O) groups excluding carboxylic acids is 1. The number of aryl methyl sites for hydroxylation is 1. The Hall–Kier alpha value is -1.85. The van der Waals surface area contributed by atoms with Crippen molar-refractivity contribution in [3.63, 3.8) is 0 Å². The number of amides is 1. The number of aromatic hydroxyl groups is 1. The Morgan fingerprint density at radius 3 is 2.71 bits per heavy atom. The molecule has 0 spiro atoms. The van der Waals surface area contributed by atoms with Crippen molar-refractivity contribution in [2.75, 3.05) is 5.32 Å². The smallest absolute Gasteiger partial charge is 0.266 e. The van der Waals surface area contributed by atoms with Crippen LogP contribution in [0.25, 0.3) is 6.08 Å². The molecule has 1 amide bonds. The molecule has 0 bridgehead atoms. The minimum atomic E-state index is -0.467. The lowest BCUT2D eigenvalue weighted by atomic mass is 10.1. The van der Waals surface area contributed by atoms with Gasteiger partial charge in [-0.25, -0.2) is 0 Å². The van der Waals surface area contributed by atoms with Gasteiger partial charge in [-0.15, -0.1) is 0 Å². The van der Waals surface area contributed by atoms with E-state index in [4.69, 9.17) is 0 Å². The minimum Gasteiger partial charge on any atom is -0.506 e. The van der Waals surface area contributed by atoms with Crippen molar-refractivity contribution in [3.05, 3.63) is 60.6 Å². The van der Waals surface area contributed by atoms with Crippen molar-refractivity contribution in [2.24, 2.45) is 0 Å². The number of rotatable bonds is 3. The number of phenols is 1. The fraction of sp³-hybridized carbons (Fsp3) is 0.111. The van der Waals surface area contributed by atoms with Gasteiger partial charge in [-0.05, 0) is 93.3 Å². The molecule has 0 aliphatic heterocycles. The number of benzene rings is 2. The van der Waals surface area contributed by atoms with Gasteiger partial charge in [0.05, 0.1) is 8.04 Å². The largest absolute Gasteiger partial charge is 0.506 e. The number of hydrogen-bond acceptors (Lipinski definition) is 3. The van der Waals surface area contributed by atoms with Crippen LogP contribution in [-0.4, -0.2) is 11.0 Å². The summed E-state index contributed by atoms with van der Waals surface area (Å²) in [4.78, 5) is 12.4. The number of anilines is 1. The van der Waals surface area contributed by atoms with E-state index >= 15 is 0 Å². The van der Waals surface area contributed by atoms with Gasteiger partial charge in [0.25, 0.3) is 5.91 Å². The Bertz CT molecular complexity index is 862. The topological polar surface area (TPSA) is 73.1 Å². The summed E-state index contributed by atoms with van der Waals surface area (Å²) in [6.07, 6.45) is 1.49. The van der Waals surface area contributed by atoms with Gasteiger partial charge in [0.2, 0.25) is 0 Å². The lowest BCUT2D eigenvalue weighted by Gasteiger charge is -2.10. The van der Waals surface area contributed by atoms with Crippen molar-refractivity contribution < 1.29 is 9.90 Å². The number of halogens is 2. The third-order valence-corrected chi connectivity index (χ3v) is 4.99. The van der Waals surface area contributed by atoms with E-state index in [0.717, 1.165) is 11.1 Å². The van der Waals surface area contributed by atoms with E-state index in [-0.39, 0.29) is 11.3 Å². The highest BCUT2D eigenvalue weighted by atomic mass is 127. The second-order valence-corrected chi connectivity index (χ2v) is 7.22. The first-order valence-corrected chi connectivity index (χ1v) is 8.88. The molecule has 0 fully saturated rings. The number of phenolic OH excluding ortho intramolecular Hbond substituents is 1. The maximum Gasteiger partial charge on any atom is 0.266 e. The molecule has 0 unspecified atom stereocenters. The fourth-order valence-electron chi connectivity index (χ4n) is 2.06. The van der Waals surface area contributed by atoms with E-state index in [1.807, 2.05) is 54.6 Å². The van der Waals surface area contributed by atoms with E-state index in [9.17, 15) is 15.2 Å². The Morgan fingerprint density at radius 1 is 1.38 bits per heavy atom. The zero-order valence-corrected chi connectivity index (χ0v) is 16.8. The van der Waals surface area contributed by atoms with Crippen molar-refractivity contribution >= 4 is 56.2 Å². The van der Waals surface area contributed by atoms with Crippen LogP contribution >= 0.6 is 38.5 Å². The number of nitrogens with zero attached hydrogens (tertiary/aromatic N) is 1. The summed E-state index contributed by atoms with van der Waals surface area (Å²) in [5.41, 5.74) is 3.35. The van der Waals surface area contributed by atoms with Gasteiger partial charge in [-0.2, -0.15) is 5.26 Å². The van der Waals surface area contributed by atoms with Gasteiger partial charge in [0, 0.05) is 5.69 Å². The van der Waals surface area contributed by atoms with Crippen LogP contribution in [0.4, 0.5) is 5.69 Å². The molecule has 0 radical (unpaired) electrons. The Labute approximate surface area is 162 Å². The highest BCUT2D eigenvalue weighted by Gasteiger charge is 2.12. The van der Waals surface area contributed by atoms with Gasteiger partial charge >= 0.3 is 0 Å². The highest BCUT2D eigenvalue weighted by molar-refractivity contribution is 14.1. The van der Waals surface area contributed by atoms with Crippen LogP contribution in [0.2, 0.25) is 0 Å². The number of nitrogens with one attached hydrogen (secondary N) is 1. The number of hydrogen-bond donors (Lipinski definition) is 2. The molecule has 2 rings (SSSR count). The van der Waals surface area contributed by atoms with E-state index in [1.54, 1.807) is 18.2 Å². The quantitative estimate of drug-likeness (QED) is 0.360. The maximum atomic E-state index is 12.4. The maximum absolute atomic E-state index is 12.4. The van der Waals surface area contributed by atoms with E-state index in [2.05, 4.69) is 21.2 Å². The summed E-state index contributed by atoms with van der Waals surface area (Å²) in [6, 6.07) is 10.9. The molecule has 24 heavy (non-hydrogen) atoms. The summed E-state index contributed by atoms with van der Waals surface area (Å²) in [5, 5.41) is 21.8. The molecule has 0 saturated carbocycles. The zero-order valence-electron chi connectivity index (χ0n) is 13.0.